The first kappa shape index (κ1) is 14.6. The van der Waals surface area contributed by atoms with Gasteiger partial charge in [-0.2, -0.15) is 0 Å². The van der Waals surface area contributed by atoms with Gasteiger partial charge in [0.2, 0.25) is 0 Å². The van der Waals surface area contributed by atoms with Gasteiger partial charge in [-0.3, -0.25) is 4.79 Å². The van der Waals surface area contributed by atoms with Crippen LogP contribution in [-0.2, 0) is 4.79 Å². The van der Waals surface area contributed by atoms with E-state index in [0.717, 1.165) is 12.8 Å². The summed E-state index contributed by atoms with van der Waals surface area (Å²) in [4.78, 5) is 11.6. The van der Waals surface area contributed by atoms with Crippen molar-refractivity contribution in [1.29, 1.82) is 0 Å². The van der Waals surface area contributed by atoms with Crippen molar-refractivity contribution in [3.05, 3.63) is 24.3 Å². The Balaban J connectivity index is 2.26. The Labute approximate surface area is 109 Å². The molecule has 3 heteroatoms. The van der Waals surface area contributed by atoms with Gasteiger partial charge in [-0.05, 0) is 18.6 Å². The number of carbonyl (C=O) groups is 1. The Bertz CT molecular complexity index is 361. The Hall–Kier alpha value is -1.51. The molecule has 0 spiro atoms. The molecule has 0 aromatic heterocycles. The molecule has 3 nitrogen and oxygen atoms in total. The molecule has 0 radical (unpaired) electrons. The number of hydrogen-bond donors (Lipinski definition) is 0. The summed E-state index contributed by atoms with van der Waals surface area (Å²) in [5.74, 6) is 1.08. The monoisotopic (exact) mass is 250 g/mol. The third kappa shape index (κ3) is 5.71. The normalized spacial score (nSPS) is 10.1. The molecule has 0 aliphatic carbocycles. The van der Waals surface area contributed by atoms with Crippen molar-refractivity contribution >= 4 is 5.97 Å². The van der Waals surface area contributed by atoms with E-state index in [0.29, 0.717) is 17.9 Å². The third-order valence-electron chi connectivity index (χ3n) is 2.76. The minimum Gasteiger partial charge on any atom is -0.497 e. The molecule has 0 heterocycles. The van der Waals surface area contributed by atoms with Gasteiger partial charge in [0.25, 0.3) is 0 Å². The Kier molecular flexibility index (Phi) is 6.92. The maximum absolute atomic E-state index is 11.6. The Morgan fingerprint density at radius 3 is 2.56 bits per heavy atom. The molecule has 0 amide bonds. The van der Waals surface area contributed by atoms with Crippen molar-refractivity contribution in [3.8, 4) is 11.5 Å². The van der Waals surface area contributed by atoms with Crippen molar-refractivity contribution in [3.63, 3.8) is 0 Å². The van der Waals surface area contributed by atoms with E-state index in [2.05, 4.69) is 6.92 Å². The van der Waals surface area contributed by atoms with E-state index >= 15 is 0 Å². The second-order valence-electron chi connectivity index (χ2n) is 4.32. The van der Waals surface area contributed by atoms with E-state index in [4.69, 9.17) is 9.47 Å². The second-order valence-corrected chi connectivity index (χ2v) is 4.32. The van der Waals surface area contributed by atoms with Crippen LogP contribution >= 0.6 is 0 Å². The van der Waals surface area contributed by atoms with Gasteiger partial charge in [-0.1, -0.05) is 38.7 Å². The lowest BCUT2D eigenvalue weighted by Gasteiger charge is -2.06. The molecule has 0 bridgehead atoms. The van der Waals surface area contributed by atoms with Gasteiger partial charge in [0, 0.05) is 12.5 Å². The zero-order valence-corrected chi connectivity index (χ0v) is 11.3. The zero-order valence-electron chi connectivity index (χ0n) is 11.3. The third-order valence-corrected chi connectivity index (χ3v) is 2.76. The summed E-state index contributed by atoms with van der Waals surface area (Å²) in [5, 5.41) is 0. The number of unbranched alkanes of at least 4 members (excludes halogenated alkanes) is 4. The first-order valence-electron chi connectivity index (χ1n) is 6.61. The zero-order chi connectivity index (χ0) is 13.2. The van der Waals surface area contributed by atoms with Crippen LogP contribution < -0.4 is 9.47 Å². The van der Waals surface area contributed by atoms with E-state index in [1.54, 1.807) is 19.2 Å². The molecule has 0 saturated heterocycles. The highest BCUT2D eigenvalue weighted by atomic mass is 16.5. The van der Waals surface area contributed by atoms with Crippen molar-refractivity contribution < 1.29 is 14.3 Å². The number of methoxy groups -OCH3 is 1. The summed E-state index contributed by atoms with van der Waals surface area (Å²) in [6.45, 7) is 2.18. The highest BCUT2D eigenvalue weighted by molar-refractivity contribution is 5.72. The Morgan fingerprint density at radius 1 is 1.11 bits per heavy atom. The summed E-state index contributed by atoms with van der Waals surface area (Å²) < 4.78 is 10.3. The largest absolute Gasteiger partial charge is 0.497 e. The van der Waals surface area contributed by atoms with Crippen molar-refractivity contribution in [2.24, 2.45) is 0 Å². The van der Waals surface area contributed by atoms with Crippen LogP contribution in [0.3, 0.4) is 0 Å². The maximum atomic E-state index is 11.6. The maximum Gasteiger partial charge on any atom is 0.311 e. The van der Waals surface area contributed by atoms with Crippen LogP contribution in [0.15, 0.2) is 24.3 Å². The average Bonchev–Trinajstić information content (AvgIpc) is 2.38. The first-order valence-corrected chi connectivity index (χ1v) is 6.61. The van der Waals surface area contributed by atoms with Crippen LogP contribution in [0.2, 0.25) is 0 Å². The summed E-state index contributed by atoms with van der Waals surface area (Å²) in [7, 11) is 1.59. The lowest BCUT2D eigenvalue weighted by atomic mass is 10.1. The highest BCUT2D eigenvalue weighted by Crippen LogP contribution is 2.19. The van der Waals surface area contributed by atoms with Gasteiger partial charge in [-0.15, -0.1) is 0 Å². The molecule has 18 heavy (non-hydrogen) atoms. The fraction of sp³-hybridized carbons (Fsp3) is 0.533. The molecular weight excluding hydrogens is 228 g/mol. The molecule has 0 fully saturated rings. The molecule has 0 N–H and O–H groups in total. The second kappa shape index (κ2) is 8.56. The van der Waals surface area contributed by atoms with Gasteiger partial charge in [0.05, 0.1) is 7.11 Å². The first-order chi connectivity index (χ1) is 8.76. The van der Waals surface area contributed by atoms with Crippen LogP contribution in [0.1, 0.15) is 45.4 Å². The van der Waals surface area contributed by atoms with Gasteiger partial charge in [0.15, 0.2) is 0 Å². The van der Waals surface area contributed by atoms with Crippen molar-refractivity contribution in [1.82, 2.24) is 0 Å². The number of carbonyl (C=O) groups excluding carboxylic acids is 1. The van der Waals surface area contributed by atoms with Crippen LogP contribution in [-0.4, -0.2) is 13.1 Å². The molecular formula is C15H22O3. The van der Waals surface area contributed by atoms with Crippen molar-refractivity contribution in [2.45, 2.75) is 45.4 Å². The number of rotatable bonds is 8. The van der Waals surface area contributed by atoms with E-state index in [-0.39, 0.29) is 5.97 Å². The lowest BCUT2D eigenvalue weighted by Crippen LogP contribution is -2.07. The van der Waals surface area contributed by atoms with Gasteiger partial charge in [-0.25, -0.2) is 0 Å². The fourth-order valence-electron chi connectivity index (χ4n) is 1.72. The summed E-state index contributed by atoms with van der Waals surface area (Å²) in [5.41, 5.74) is 0. The highest BCUT2D eigenvalue weighted by Gasteiger charge is 2.05. The minimum atomic E-state index is -0.167. The SMILES string of the molecule is CCCCCCCC(=O)Oc1cccc(OC)c1. The fourth-order valence-corrected chi connectivity index (χ4v) is 1.72. The molecule has 1 rings (SSSR count). The summed E-state index contributed by atoms with van der Waals surface area (Å²) in [6, 6.07) is 7.11. The smallest absolute Gasteiger partial charge is 0.311 e. The van der Waals surface area contributed by atoms with E-state index in [1.165, 1.54) is 19.3 Å². The molecule has 0 aliphatic rings. The van der Waals surface area contributed by atoms with Gasteiger partial charge >= 0.3 is 5.97 Å². The molecule has 0 aliphatic heterocycles. The van der Waals surface area contributed by atoms with Crippen LogP contribution in [0.25, 0.3) is 0 Å². The predicted octanol–water partition coefficient (Wildman–Crippen LogP) is 3.96. The van der Waals surface area contributed by atoms with E-state index < -0.39 is 0 Å². The molecule has 100 valence electrons. The van der Waals surface area contributed by atoms with Crippen LogP contribution in [0, 0.1) is 0 Å². The van der Waals surface area contributed by atoms with Crippen molar-refractivity contribution in [2.75, 3.05) is 7.11 Å². The quantitative estimate of drug-likeness (QED) is 0.398. The van der Waals surface area contributed by atoms with Gasteiger partial charge in [0.1, 0.15) is 11.5 Å². The summed E-state index contributed by atoms with van der Waals surface area (Å²) in [6.07, 6.45) is 6.15. The van der Waals surface area contributed by atoms with Crippen LogP contribution in [0.4, 0.5) is 0 Å². The standard InChI is InChI=1S/C15H22O3/c1-3-4-5-6-7-11-15(16)18-14-10-8-9-13(12-14)17-2/h8-10,12H,3-7,11H2,1-2H3. The van der Waals surface area contributed by atoms with E-state index in [9.17, 15) is 4.79 Å². The number of ether oxygens (including phenoxy) is 2. The average molecular weight is 250 g/mol. The molecule has 1 aromatic carbocycles. The molecule has 1 aromatic rings. The number of hydrogen-bond acceptors (Lipinski definition) is 3. The minimum absolute atomic E-state index is 0.167. The molecule has 0 unspecified atom stereocenters. The molecule has 0 saturated carbocycles. The van der Waals surface area contributed by atoms with Crippen LogP contribution in [0.5, 0.6) is 11.5 Å². The predicted molar refractivity (Wildman–Crippen MR) is 72.0 cm³/mol. The molecule has 0 atom stereocenters. The Morgan fingerprint density at radius 2 is 1.83 bits per heavy atom. The number of esters is 1. The summed E-state index contributed by atoms with van der Waals surface area (Å²) >= 11 is 0. The van der Waals surface area contributed by atoms with E-state index in [1.807, 2.05) is 12.1 Å². The topological polar surface area (TPSA) is 35.5 Å². The van der Waals surface area contributed by atoms with Gasteiger partial charge < -0.3 is 9.47 Å². The lowest BCUT2D eigenvalue weighted by molar-refractivity contribution is -0.134. The number of benzene rings is 1.